The SMILES string of the molecule is CC.CCC(C)C.O=C(Nc1cncnc1)N1CCN(C(=O)c2cccc(OCC3CCCCC3)c2)CC1.[HH]. The maximum absolute atomic E-state index is 13.0. The third-order valence-electron chi connectivity index (χ3n) is 6.77. The number of urea groups is 1. The fraction of sp³-hybridized carbons (Fsp3) is 0.600. The van der Waals surface area contributed by atoms with E-state index in [1.807, 2.05) is 38.1 Å². The summed E-state index contributed by atoms with van der Waals surface area (Å²) in [5.41, 5.74) is 1.18. The van der Waals surface area contributed by atoms with Crippen LogP contribution in [0.2, 0.25) is 0 Å². The molecule has 8 heteroatoms. The van der Waals surface area contributed by atoms with E-state index in [2.05, 4.69) is 36.1 Å². The maximum atomic E-state index is 13.0. The van der Waals surface area contributed by atoms with E-state index >= 15 is 0 Å². The molecule has 0 unspecified atom stereocenters. The predicted molar refractivity (Wildman–Crippen MR) is 156 cm³/mol. The summed E-state index contributed by atoms with van der Waals surface area (Å²) in [6, 6.07) is 7.23. The summed E-state index contributed by atoms with van der Waals surface area (Å²) in [6.07, 6.45) is 12.2. The molecular formula is C30H49N5O3. The van der Waals surface area contributed by atoms with Gasteiger partial charge in [0.2, 0.25) is 0 Å². The molecule has 1 aromatic heterocycles. The first-order chi connectivity index (χ1) is 18.5. The number of ether oxygens (including phenoxy) is 1. The van der Waals surface area contributed by atoms with E-state index in [4.69, 9.17) is 4.74 Å². The van der Waals surface area contributed by atoms with Crippen molar-refractivity contribution >= 4 is 17.6 Å². The molecule has 212 valence electrons. The standard InChI is InChI=1S/C23H29N5O3.C5H12.C2H6.H2/c29-22(19-7-4-8-21(13-19)31-16-18-5-2-1-3-6-18)27-9-11-28(12-10-27)23(30)26-20-14-24-17-25-15-20;1-4-5(2)3;1-2;/h4,7-8,13-15,17-18H,1-3,5-6,9-12,16H2,(H,26,30);5H,4H2,1-3H3;1-2H3;1H. The van der Waals surface area contributed by atoms with Crippen LogP contribution in [0.15, 0.2) is 43.0 Å². The van der Waals surface area contributed by atoms with E-state index in [0.29, 0.717) is 43.3 Å². The molecule has 2 heterocycles. The van der Waals surface area contributed by atoms with Crippen molar-refractivity contribution in [3.63, 3.8) is 0 Å². The fourth-order valence-corrected chi connectivity index (χ4v) is 4.15. The van der Waals surface area contributed by atoms with Crippen molar-refractivity contribution in [2.24, 2.45) is 11.8 Å². The molecule has 1 N–H and O–H groups in total. The van der Waals surface area contributed by atoms with Crippen LogP contribution in [0.5, 0.6) is 5.75 Å². The topological polar surface area (TPSA) is 87.7 Å². The summed E-state index contributed by atoms with van der Waals surface area (Å²) < 4.78 is 5.99. The quantitative estimate of drug-likeness (QED) is 0.449. The molecule has 0 atom stereocenters. The van der Waals surface area contributed by atoms with Crippen LogP contribution < -0.4 is 10.1 Å². The van der Waals surface area contributed by atoms with Gasteiger partial charge in [-0.05, 0) is 42.9 Å². The van der Waals surface area contributed by atoms with Crippen LogP contribution in [-0.2, 0) is 0 Å². The van der Waals surface area contributed by atoms with Gasteiger partial charge in [-0.15, -0.1) is 0 Å². The monoisotopic (exact) mass is 527 g/mol. The second kappa shape index (κ2) is 17.4. The summed E-state index contributed by atoms with van der Waals surface area (Å²) in [4.78, 5) is 36.6. The Kier molecular flexibility index (Phi) is 14.2. The van der Waals surface area contributed by atoms with Crippen molar-refractivity contribution < 1.29 is 15.8 Å². The van der Waals surface area contributed by atoms with Crippen LogP contribution in [0.25, 0.3) is 0 Å². The Bertz CT molecular complexity index is 947. The molecular weight excluding hydrogens is 478 g/mol. The highest BCUT2D eigenvalue weighted by Gasteiger charge is 2.25. The molecule has 2 fully saturated rings. The van der Waals surface area contributed by atoms with Gasteiger partial charge in [-0.2, -0.15) is 0 Å². The number of carbonyl (C=O) groups is 2. The molecule has 38 heavy (non-hydrogen) atoms. The number of nitrogens with one attached hydrogen (secondary N) is 1. The molecule has 1 aromatic carbocycles. The smallest absolute Gasteiger partial charge is 0.322 e. The lowest BCUT2D eigenvalue weighted by molar-refractivity contribution is 0.0671. The second-order valence-corrected chi connectivity index (χ2v) is 9.98. The van der Waals surface area contributed by atoms with Gasteiger partial charge in [-0.3, -0.25) is 4.79 Å². The van der Waals surface area contributed by atoms with Gasteiger partial charge in [0.25, 0.3) is 5.91 Å². The third-order valence-corrected chi connectivity index (χ3v) is 6.77. The van der Waals surface area contributed by atoms with E-state index in [9.17, 15) is 9.59 Å². The van der Waals surface area contributed by atoms with Crippen molar-refractivity contribution in [3.8, 4) is 5.75 Å². The number of piperazine rings is 1. The van der Waals surface area contributed by atoms with Gasteiger partial charge < -0.3 is 19.9 Å². The Morgan fingerprint density at radius 2 is 1.63 bits per heavy atom. The van der Waals surface area contributed by atoms with Crippen LogP contribution in [0, 0.1) is 11.8 Å². The average molecular weight is 528 g/mol. The Morgan fingerprint density at radius 1 is 1.03 bits per heavy atom. The molecule has 0 bridgehead atoms. The number of benzene rings is 1. The largest absolute Gasteiger partial charge is 0.493 e. The molecule has 2 aliphatic rings. The molecule has 1 aliphatic heterocycles. The molecule has 1 aliphatic carbocycles. The van der Waals surface area contributed by atoms with Gasteiger partial charge in [0, 0.05) is 33.2 Å². The summed E-state index contributed by atoms with van der Waals surface area (Å²) in [6.45, 7) is 13.3. The molecule has 3 amide bonds. The summed E-state index contributed by atoms with van der Waals surface area (Å²) in [5, 5.41) is 2.78. The molecule has 2 aromatic rings. The van der Waals surface area contributed by atoms with Gasteiger partial charge in [-0.25, -0.2) is 14.8 Å². The number of rotatable bonds is 6. The Balaban J connectivity index is 0.000000857. The molecule has 0 radical (unpaired) electrons. The third kappa shape index (κ3) is 10.7. The number of hydrogen-bond acceptors (Lipinski definition) is 5. The first-order valence-electron chi connectivity index (χ1n) is 14.3. The summed E-state index contributed by atoms with van der Waals surface area (Å²) in [5.74, 6) is 2.23. The predicted octanol–water partition coefficient (Wildman–Crippen LogP) is 6.75. The highest BCUT2D eigenvalue weighted by atomic mass is 16.5. The number of nitrogens with zero attached hydrogens (tertiary/aromatic N) is 4. The first-order valence-corrected chi connectivity index (χ1v) is 14.3. The fourth-order valence-electron chi connectivity index (χ4n) is 4.15. The first kappa shape index (κ1) is 31.1. The zero-order valence-electron chi connectivity index (χ0n) is 24.0. The number of carbonyl (C=O) groups excluding carboxylic acids is 2. The Morgan fingerprint density at radius 3 is 2.24 bits per heavy atom. The highest BCUT2D eigenvalue weighted by molar-refractivity contribution is 5.95. The highest BCUT2D eigenvalue weighted by Crippen LogP contribution is 2.25. The molecule has 8 nitrogen and oxygen atoms in total. The van der Waals surface area contributed by atoms with Crippen LogP contribution >= 0.6 is 0 Å². The second-order valence-electron chi connectivity index (χ2n) is 9.98. The molecule has 0 spiro atoms. The van der Waals surface area contributed by atoms with E-state index in [1.165, 1.54) is 44.9 Å². The van der Waals surface area contributed by atoms with Crippen LogP contribution in [0.1, 0.15) is 84.9 Å². The zero-order chi connectivity index (χ0) is 27.8. The molecule has 1 saturated carbocycles. The van der Waals surface area contributed by atoms with Crippen molar-refractivity contribution in [1.82, 2.24) is 19.8 Å². The molecule has 1 saturated heterocycles. The van der Waals surface area contributed by atoms with Gasteiger partial charge in [0.05, 0.1) is 24.7 Å². The van der Waals surface area contributed by atoms with E-state index in [0.717, 1.165) is 18.3 Å². The van der Waals surface area contributed by atoms with E-state index in [-0.39, 0.29) is 13.4 Å². The number of anilines is 1. The van der Waals surface area contributed by atoms with Gasteiger partial charge >= 0.3 is 6.03 Å². The summed E-state index contributed by atoms with van der Waals surface area (Å²) >= 11 is 0. The zero-order valence-corrected chi connectivity index (χ0v) is 24.0. The van der Waals surface area contributed by atoms with Gasteiger partial charge in [-0.1, -0.05) is 66.4 Å². The van der Waals surface area contributed by atoms with E-state index < -0.39 is 0 Å². The van der Waals surface area contributed by atoms with Crippen LogP contribution in [0.3, 0.4) is 0 Å². The number of aromatic nitrogens is 2. The van der Waals surface area contributed by atoms with Gasteiger partial charge in [0.1, 0.15) is 12.1 Å². The van der Waals surface area contributed by atoms with Crippen molar-refractivity contribution in [3.05, 3.63) is 48.5 Å². The minimum Gasteiger partial charge on any atom is -0.493 e. The van der Waals surface area contributed by atoms with Crippen molar-refractivity contribution in [2.45, 2.75) is 73.1 Å². The van der Waals surface area contributed by atoms with E-state index in [1.54, 1.807) is 22.2 Å². The minimum absolute atomic E-state index is 0. The Hall–Kier alpha value is -3.16. The van der Waals surface area contributed by atoms with Crippen LogP contribution in [-0.4, -0.2) is 64.5 Å². The van der Waals surface area contributed by atoms with Crippen molar-refractivity contribution in [1.29, 1.82) is 0 Å². The average Bonchev–Trinajstić information content (AvgIpc) is 2.98. The maximum Gasteiger partial charge on any atom is 0.322 e. The summed E-state index contributed by atoms with van der Waals surface area (Å²) in [7, 11) is 0. The Labute approximate surface area is 230 Å². The number of hydrogen-bond donors (Lipinski definition) is 1. The normalized spacial score (nSPS) is 15.5. The minimum atomic E-state index is -0.208. The number of amides is 3. The molecule has 4 rings (SSSR count). The van der Waals surface area contributed by atoms with Crippen LogP contribution in [0.4, 0.5) is 10.5 Å². The lowest BCUT2D eigenvalue weighted by Gasteiger charge is -2.34. The lowest BCUT2D eigenvalue weighted by atomic mass is 9.90. The lowest BCUT2D eigenvalue weighted by Crippen LogP contribution is -2.51. The van der Waals surface area contributed by atoms with Crippen molar-refractivity contribution in [2.75, 3.05) is 38.1 Å². The van der Waals surface area contributed by atoms with Gasteiger partial charge in [0.15, 0.2) is 0 Å².